The van der Waals surface area contributed by atoms with Crippen molar-refractivity contribution < 1.29 is 9.47 Å². The van der Waals surface area contributed by atoms with Crippen molar-refractivity contribution in [1.29, 1.82) is 0 Å². The molecule has 112 valence electrons. The lowest BCUT2D eigenvalue weighted by Crippen LogP contribution is -2.07. The third-order valence-electron chi connectivity index (χ3n) is 2.79. The molecular formula is C14H19N5O2. The van der Waals surface area contributed by atoms with Gasteiger partial charge in [0.05, 0.1) is 13.7 Å². The Labute approximate surface area is 123 Å². The fraction of sp³-hybridized carbons (Fsp3) is 0.357. The zero-order valence-corrected chi connectivity index (χ0v) is 12.6. The molecule has 7 heteroatoms. The van der Waals surface area contributed by atoms with E-state index in [0.29, 0.717) is 18.5 Å². The fourth-order valence-electron chi connectivity index (χ4n) is 1.74. The number of hydrogen-bond acceptors (Lipinski definition) is 7. The van der Waals surface area contributed by atoms with Crippen molar-refractivity contribution in [3.05, 3.63) is 23.8 Å². The van der Waals surface area contributed by atoms with E-state index >= 15 is 0 Å². The van der Waals surface area contributed by atoms with E-state index in [0.717, 1.165) is 17.0 Å². The van der Waals surface area contributed by atoms with Crippen LogP contribution in [-0.4, -0.2) is 35.7 Å². The largest absolute Gasteiger partial charge is 0.497 e. The maximum absolute atomic E-state index is 5.33. The van der Waals surface area contributed by atoms with E-state index in [4.69, 9.17) is 9.47 Å². The zero-order valence-electron chi connectivity index (χ0n) is 12.6. The summed E-state index contributed by atoms with van der Waals surface area (Å²) < 4.78 is 10.5. The summed E-state index contributed by atoms with van der Waals surface area (Å²) in [6.07, 6.45) is 0. The molecular weight excluding hydrogens is 270 g/mol. The molecule has 0 unspecified atom stereocenters. The molecule has 0 aliphatic heterocycles. The van der Waals surface area contributed by atoms with Gasteiger partial charge in [-0.05, 0) is 37.6 Å². The fourth-order valence-corrected chi connectivity index (χ4v) is 1.74. The van der Waals surface area contributed by atoms with Crippen LogP contribution in [0.4, 0.5) is 17.6 Å². The first-order valence-corrected chi connectivity index (χ1v) is 6.64. The minimum Gasteiger partial charge on any atom is -0.497 e. The van der Waals surface area contributed by atoms with Gasteiger partial charge in [0.25, 0.3) is 0 Å². The molecule has 0 amide bonds. The van der Waals surface area contributed by atoms with E-state index in [1.54, 1.807) is 14.2 Å². The van der Waals surface area contributed by atoms with Crippen molar-refractivity contribution in [2.45, 2.75) is 13.8 Å². The highest BCUT2D eigenvalue weighted by Gasteiger charge is 2.08. The van der Waals surface area contributed by atoms with Crippen LogP contribution >= 0.6 is 0 Å². The molecule has 2 N–H and O–H groups in total. The highest BCUT2D eigenvalue weighted by Crippen LogP contribution is 2.24. The molecule has 0 saturated carbocycles. The Balaban J connectivity index is 2.27. The Kier molecular flexibility index (Phi) is 4.76. The van der Waals surface area contributed by atoms with Crippen molar-refractivity contribution in [1.82, 2.24) is 15.0 Å². The molecule has 0 aliphatic carbocycles. The molecule has 21 heavy (non-hydrogen) atoms. The smallest absolute Gasteiger partial charge is 0.323 e. The van der Waals surface area contributed by atoms with Gasteiger partial charge in [-0.2, -0.15) is 15.0 Å². The molecule has 1 aromatic heterocycles. The second-order valence-corrected chi connectivity index (χ2v) is 4.25. The maximum Gasteiger partial charge on any atom is 0.323 e. The number of nitrogens with zero attached hydrogens (tertiary/aromatic N) is 3. The molecule has 0 saturated heterocycles. The molecule has 2 aromatic rings. The van der Waals surface area contributed by atoms with Gasteiger partial charge in [-0.3, -0.25) is 0 Å². The van der Waals surface area contributed by atoms with Gasteiger partial charge in [0.2, 0.25) is 11.9 Å². The molecule has 0 aliphatic rings. The number of methoxy groups -OCH3 is 1. The summed E-state index contributed by atoms with van der Waals surface area (Å²) in [7, 11) is 3.38. The minimum absolute atomic E-state index is 0.283. The summed E-state index contributed by atoms with van der Waals surface area (Å²) in [5.74, 6) is 1.67. The van der Waals surface area contributed by atoms with Gasteiger partial charge >= 0.3 is 6.01 Å². The molecule has 0 atom stereocenters. The summed E-state index contributed by atoms with van der Waals surface area (Å²) in [6.45, 7) is 4.35. The average molecular weight is 289 g/mol. The van der Waals surface area contributed by atoms with E-state index in [9.17, 15) is 0 Å². The van der Waals surface area contributed by atoms with Crippen LogP contribution in [0.5, 0.6) is 11.8 Å². The molecule has 2 rings (SSSR count). The van der Waals surface area contributed by atoms with E-state index in [1.807, 2.05) is 32.0 Å². The van der Waals surface area contributed by atoms with E-state index < -0.39 is 0 Å². The molecule has 0 fully saturated rings. The monoisotopic (exact) mass is 289 g/mol. The first-order chi connectivity index (χ1) is 10.2. The third-order valence-corrected chi connectivity index (χ3v) is 2.79. The first kappa shape index (κ1) is 14.8. The molecule has 1 heterocycles. The summed E-state index contributed by atoms with van der Waals surface area (Å²) >= 11 is 0. The number of rotatable bonds is 6. The normalized spacial score (nSPS) is 10.1. The number of ether oxygens (including phenoxy) is 2. The van der Waals surface area contributed by atoms with Crippen LogP contribution in [0.15, 0.2) is 18.2 Å². The lowest BCUT2D eigenvalue weighted by Gasteiger charge is -2.11. The average Bonchev–Trinajstić information content (AvgIpc) is 2.49. The van der Waals surface area contributed by atoms with Gasteiger partial charge in [-0.15, -0.1) is 0 Å². The van der Waals surface area contributed by atoms with E-state index in [-0.39, 0.29) is 6.01 Å². The van der Waals surface area contributed by atoms with Gasteiger partial charge in [-0.25, -0.2) is 0 Å². The Morgan fingerprint density at radius 1 is 1.14 bits per heavy atom. The van der Waals surface area contributed by atoms with Crippen molar-refractivity contribution >= 4 is 17.6 Å². The highest BCUT2D eigenvalue weighted by atomic mass is 16.5. The van der Waals surface area contributed by atoms with E-state index in [1.165, 1.54) is 0 Å². The van der Waals surface area contributed by atoms with Crippen LogP contribution in [0.2, 0.25) is 0 Å². The van der Waals surface area contributed by atoms with Crippen LogP contribution in [0.3, 0.4) is 0 Å². The summed E-state index contributed by atoms with van der Waals surface area (Å²) in [5, 5.41) is 6.04. The molecule has 0 bridgehead atoms. The van der Waals surface area contributed by atoms with Crippen LogP contribution < -0.4 is 20.1 Å². The first-order valence-electron chi connectivity index (χ1n) is 6.64. The number of anilines is 3. The second kappa shape index (κ2) is 6.74. The third kappa shape index (κ3) is 3.71. The van der Waals surface area contributed by atoms with Crippen molar-refractivity contribution in [3.8, 4) is 11.8 Å². The molecule has 7 nitrogen and oxygen atoms in total. The van der Waals surface area contributed by atoms with Crippen molar-refractivity contribution in [3.63, 3.8) is 0 Å². The van der Waals surface area contributed by atoms with Crippen molar-refractivity contribution in [2.24, 2.45) is 0 Å². The zero-order chi connectivity index (χ0) is 15.2. The van der Waals surface area contributed by atoms with Crippen molar-refractivity contribution in [2.75, 3.05) is 31.4 Å². The Morgan fingerprint density at radius 3 is 2.52 bits per heavy atom. The highest BCUT2D eigenvalue weighted by molar-refractivity contribution is 5.60. The van der Waals surface area contributed by atoms with Gasteiger partial charge in [0.15, 0.2) is 0 Å². The second-order valence-electron chi connectivity index (χ2n) is 4.25. The quantitative estimate of drug-likeness (QED) is 0.844. The number of aromatic nitrogens is 3. The molecule has 0 radical (unpaired) electrons. The van der Waals surface area contributed by atoms with E-state index in [2.05, 4.69) is 25.6 Å². The lowest BCUT2D eigenvalue weighted by atomic mass is 10.2. The van der Waals surface area contributed by atoms with Crippen LogP contribution in [0.25, 0.3) is 0 Å². The topological polar surface area (TPSA) is 81.2 Å². The van der Waals surface area contributed by atoms with Gasteiger partial charge in [0, 0.05) is 12.7 Å². The predicted octanol–water partition coefficient (Wildman–Crippen LogP) is 2.37. The Morgan fingerprint density at radius 2 is 1.90 bits per heavy atom. The number of aryl methyl sites for hydroxylation is 1. The number of hydrogen-bond donors (Lipinski definition) is 2. The predicted molar refractivity (Wildman–Crippen MR) is 81.6 cm³/mol. The van der Waals surface area contributed by atoms with Crippen LogP contribution in [0, 0.1) is 6.92 Å². The summed E-state index contributed by atoms with van der Waals surface area (Å²) in [5.41, 5.74) is 1.92. The maximum atomic E-state index is 5.33. The summed E-state index contributed by atoms with van der Waals surface area (Å²) in [6, 6.07) is 6.01. The molecule has 0 spiro atoms. The number of benzene rings is 1. The Hall–Kier alpha value is -2.57. The standard InChI is InChI=1S/C14H19N5O2/c1-5-21-14-18-12(15-3)17-13(19-14)16-11-7-6-10(20-4)8-9(11)2/h6-8H,5H2,1-4H3,(H2,15,16,17,18,19). The summed E-state index contributed by atoms with van der Waals surface area (Å²) in [4.78, 5) is 12.6. The Bertz CT molecular complexity index is 618. The van der Waals surface area contributed by atoms with Gasteiger partial charge < -0.3 is 20.1 Å². The van der Waals surface area contributed by atoms with Crippen LogP contribution in [0.1, 0.15) is 12.5 Å². The van der Waals surface area contributed by atoms with Gasteiger partial charge in [0.1, 0.15) is 5.75 Å². The minimum atomic E-state index is 0.283. The molecule has 1 aromatic carbocycles. The lowest BCUT2D eigenvalue weighted by molar-refractivity contribution is 0.312. The number of nitrogens with one attached hydrogen (secondary N) is 2. The van der Waals surface area contributed by atoms with Gasteiger partial charge in [-0.1, -0.05) is 0 Å². The van der Waals surface area contributed by atoms with Crippen LogP contribution in [-0.2, 0) is 0 Å². The SMILES string of the molecule is CCOc1nc(NC)nc(Nc2ccc(OC)cc2C)n1.